The highest BCUT2D eigenvalue weighted by Gasteiger charge is 2.11. The van der Waals surface area contributed by atoms with Crippen molar-refractivity contribution in [3.63, 3.8) is 0 Å². The van der Waals surface area contributed by atoms with Crippen LogP contribution < -0.4 is 10.6 Å². The number of rotatable bonds is 5. The lowest BCUT2D eigenvalue weighted by Gasteiger charge is -2.10. The van der Waals surface area contributed by atoms with E-state index in [1.165, 1.54) is 0 Å². The lowest BCUT2D eigenvalue weighted by molar-refractivity contribution is -0.141. The van der Waals surface area contributed by atoms with Crippen LogP contribution in [0.1, 0.15) is 13.3 Å². The molecule has 0 saturated carbocycles. The predicted octanol–water partition coefficient (Wildman–Crippen LogP) is 3.33. The quantitative estimate of drug-likeness (QED) is 0.763. The Kier molecular flexibility index (Phi) is 6.11. The van der Waals surface area contributed by atoms with Crippen LogP contribution in [0.4, 0.5) is 10.5 Å². The number of carboxylic acids is 1. The fourth-order valence-electron chi connectivity index (χ4n) is 1.28. The van der Waals surface area contributed by atoms with E-state index in [2.05, 4.69) is 26.6 Å². The van der Waals surface area contributed by atoms with Crippen molar-refractivity contribution in [2.75, 3.05) is 11.9 Å². The van der Waals surface area contributed by atoms with Gasteiger partial charge in [-0.15, -0.1) is 0 Å². The van der Waals surface area contributed by atoms with Crippen LogP contribution in [0, 0.1) is 5.92 Å². The molecular weight excluding hydrogens is 336 g/mol. The van der Waals surface area contributed by atoms with Crippen LogP contribution in [-0.2, 0) is 4.79 Å². The zero-order valence-corrected chi connectivity index (χ0v) is 12.6. The van der Waals surface area contributed by atoms with E-state index in [0.717, 1.165) is 0 Å². The minimum atomic E-state index is -0.873. The van der Waals surface area contributed by atoms with E-state index in [1.54, 1.807) is 25.1 Å². The van der Waals surface area contributed by atoms with Gasteiger partial charge in [-0.3, -0.25) is 4.79 Å². The fraction of sp³-hybridized carbons (Fsp3) is 0.333. The lowest BCUT2D eigenvalue weighted by atomic mass is 10.1. The van der Waals surface area contributed by atoms with E-state index in [1.807, 2.05) is 0 Å². The SMILES string of the molecule is CC(CCNC(=O)Nc1ccc(Cl)cc1Br)C(=O)O. The summed E-state index contributed by atoms with van der Waals surface area (Å²) in [6, 6.07) is 4.62. The van der Waals surface area contributed by atoms with Gasteiger partial charge in [-0.2, -0.15) is 0 Å². The number of amides is 2. The molecule has 1 atom stereocenters. The van der Waals surface area contributed by atoms with E-state index in [9.17, 15) is 9.59 Å². The fourth-order valence-corrected chi connectivity index (χ4v) is 2.06. The summed E-state index contributed by atoms with van der Waals surface area (Å²) in [4.78, 5) is 22.2. The summed E-state index contributed by atoms with van der Waals surface area (Å²) in [6.45, 7) is 1.89. The number of hydrogen-bond acceptors (Lipinski definition) is 2. The van der Waals surface area contributed by atoms with Gasteiger partial charge < -0.3 is 15.7 Å². The summed E-state index contributed by atoms with van der Waals surface area (Å²) in [6.07, 6.45) is 0.380. The van der Waals surface area contributed by atoms with Gasteiger partial charge in [-0.25, -0.2) is 4.79 Å². The normalized spacial score (nSPS) is 11.7. The van der Waals surface area contributed by atoms with Crippen molar-refractivity contribution in [3.05, 3.63) is 27.7 Å². The van der Waals surface area contributed by atoms with Crippen molar-refractivity contribution >= 4 is 45.2 Å². The number of anilines is 1. The second-order valence-corrected chi connectivity index (χ2v) is 5.32. The zero-order valence-electron chi connectivity index (χ0n) is 10.2. The molecule has 0 saturated heterocycles. The Morgan fingerprint density at radius 3 is 2.74 bits per heavy atom. The highest BCUT2D eigenvalue weighted by Crippen LogP contribution is 2.25. The molecule has 0 aliphatic rings. The molecule has 0 aromatic heterocycles. The molecule has 0 bridgehead atoms. The van der Waals surface area contributed by atoms with Crippen molar-refractivity contribution in [1.29, 1.82) is 0 Å². The average molecular weight is 350 g/mol. The third kappa shape index (κ3) is 5.48. The molecule has 5 nitrogen and oxygen atoms in total. The molecule has 1 aromatic rings. The average Bonchev–Trinajstić information content (AvgIpc) is 2.32. The van der Waals surface area contributed by atoms with Gasteiger partial charge in [-0.05, 0) is 40.5 Å². The number of halogens is 2. The third-order valence-electron chi connectivity index (χ3n) is 2.46. The number of benzene rings is 1. The summed E-state index contributed by atoms with van der Waals surface area (Å²) in [5, 5.41) is 14.5. The summed E-state index contributed by atoms with van der Waals surface area (Å²) >= 11 is 9.07. The standard InChI is InChI=1S/C12H14BrClN2O3/c1-7(11(17)18)4-5-15-12(19)16-10-3-2-8(14)6-9(10)13/h2-3,6-7H,4-5H2,1H3,(H,17,18)(H2,15,16,19). The van der Waals surface area contributed by atoms with E-state index in [4.69, 9.17) is 16.7 Å². The van der Waals surface area contributed by atoms with Crippen molar-refractivity contribution in [2.24, 2.45) is 5.92 Å². The van der Waals surface area contributed by atoms with Crippen molar-refractivity contribution in [2.45, 2.75) is 13.3 Å². The first-order chi connectivity index (χ1) is 8.90. The molecule has 1 rings (SSSR count). The Labute approximate surface area is 124 Å². The molecule has 104 valence electrons. The largest absolute Gasteiger partial charge is 0.481 e. The summed E-state index contributed by atoms with van der Waals surface area (Å²) < 4.78 is 0.675. The molecule has 0 fully saturated rings. The van der Waals surface area contributed by atoms with Crippen LogP contribution in [0.3, 0.4) is 0 Å². The number of carboxylic acid groups (broad SMARTS) is 1. The van der Waals surface area contributed by atoms with Gasteiger partial charge >= 0.3 is 12.0 Å². The zero-order chi connectivity index (χ0) is 14.4. The summed E-state index contributed by atoms with van der Waals surface area (Å²) in [5.74, 6) is -1.36. The Balaban J connectivity index is 2.41. The maximum Gasteiger partial charge on any atom is 0.319 e. The van der Waals surface area contributed by atoms with Gasteiger partial charge in [0.2, 0.25) is 0 Å². The molecule has 7 heteroatoms. The van der Waals surface area contributed by atoms with Gasteiger partial charge in [-0.1, -0.05) is 18.5 Å². The first-order valence-electron chi connectivity index (χ1n) is 5.63. The number of urea groups is 1. The molecule has 19 heavy (non-hydrogen) atoms. The molecule has 1 unspecified atom stereocenters. The lowest BCUT2D eigenvalue weighted by Crippen LogP contribution is -2.31. The van der Waals surface area contributed by atoms with Crippen LogP contribution in [0.15, 0.2) is 22.7 Å². The maximum atomic E-state index is 11.6. The Hall–Kier alpha value is -1.27. The number of nitrogens with one attached hydrogen (secondary N) is 2. The van der Waals surface area contributed by atoms with Crippen molar-refractivity contribution < 1.29 is 14.7 Å². The minimum Gasteiger partial charge on any atom is -0.481 e. The van der Waals surface area contributed by atoms with Crippen molar-refractivity contribution in [3.8, 4) is 0 Å². The second-order valence-electron chi connectivity index (χ2n) is 4.03. The number of carbonyl (C=O) groups is 2. The van der Waals surface area contributed by atoms with Gasteiger partial charge in [0.25, 0.3) is 0 Å². The molecular formula is C12H14BrClN2O3. The number of hydrogen-bond donors (Lipinski definition) is 3. The Morgan fingerprint density at radius 2 is 2.16 bits per heavy atom. The van der Waals surface area contributed by atoms with Gasteiger partial charge in [0, 0.05) is 16.0 Å². The Bertz CT molecular complexity index is 482. The molecule has 3 N–H and O–H groups in total. The smallest absolute Gasteiger partial charge is 0.319 e. The van der Waals surface area contributed by atoms with E-state index < -0.39 is 11.9 Å². The molecule has 0 aliphatic heterocycles. The minimum absolute atomic E-state index is 0.296. The first-order valence-corrected chi connectivity index (χ1v) is 6.80. The molecule has 0 radical (unpaired) electrons. The number of carbonyl (C=O) groups excluding carboxylic acids is 1. The predicted molar refractivity (Wildman–Crippen MR) is 77.6 cm³/mol. The monoisotopic (exact) mass is 348 g/mol. The first kappa shape index (κ1) is 15.8. The van der Waals surface area contributed by atoms with Crippen LogP contribution in [0.2, 0.25) is 5.02 Å². The van der Waals surface area contributed by atoms with E-state index >= 15 is 0 Å². The highest BCUT2D eigenvalue weighted by atomic mass is 79.9. The van der Waals surface area contributed by atoms with Crippen LogP contribution in [-0.4, -0.2) is 23.7 Å². The third-order valence-corrected chi connectivity index (χ3v) is 3.35. The van der Waals surface area contributed by atoms with Crippen LogP contribution in [0.5, 0.6) is 0 Å². The molecule has 0 heterocycles. The maximum absolute atomic E-state index is 11.6. The van der Waals surface area contributed by atoms with Crippen LogP contribution in [0.25, 0.3) is 0 Å². The van der Waals surface area contributed by atoms with Gasteiger partial charge in [0.15, 0.2) is 0 Å². The van der Waals surface area contributed by atoms with E-state index in [0.29, 0.717) is 28.1 Å². The van der Waals surface area contributed by atoms with Crippen LogP contribution >= 0.6 is 27.5 Å². The summed E-state index contributed by atoms with van der Waals surface area (Å²) in [5.41, 5.74) is 0.591. The number of aliphatic carboxylic acids is 1. The van der Waals surface area contributed by atoms with Gasteiger partial charge in [0.1, 0.15) is 0 Å². The molecule has 1 aromatic carbocycles. The van der Waals surface area contributed by atoms with Gasteiger partial charge in [0.05, 0.1) is 11.6 Å². The van der Waals surface area contributed by atoms with E-state index in [-0.39, 0.29) is 6.03 Å². The Morgan fingerprint density at radius 1 is 1.47 bits per heavy atom. The summed E-state index contributed by atoms with van der Waals surface area (Å²) in [7, 11) is 0. The highest BCUT2D eigenvalue weighted by molar-refractivity contribution is 9.10. The molecule has 0 spiro atoms. The topological polar surface area (TPSA) is 78.4 Å². The second kappa shape index (κ2) is 7.35. The van der Waals surface area contributed by atoms with Crippen molar-refractivity contribution in [1.82, 2.24) is 5.32 Å². The molecule has 0 aliphatic carbocycles. The molecule has 2 amide bonds.